The van der Waals surface area contributed by atoms with Crippen LogP contribution in [0.3, 0.4) is 0 Å². The van der Waals surface area contributed by atoms with Gasteiger partial charge in [0.1, 0.15) is 6.04 Å². The summed E-state index contributed by atoms with van der Waals surface area (Å²) >= 11 is 1.68. The predicted molar refractivity (Wildman–Crippen MR) is 54.4 cm³/mol. The number of rotatable bonds is 1. The third-order valence-electron chi connectivity index (χ3n) is 3.09. The molecule has 0 saturated carbocycles. The molecule has 0 aromatic carbocycles. The quantitative estimate of drug-likeness (QED) is 0.676. The summed E-state index contributed by atoms with van der Waals surface area (Å²) in [5, 5.41) is 12.1. The topological polar surface area (TPSA) is 58.6 Å². The second kappa shape index (κ2) is 3.12. The van der Waals surface area contributed by atoms with Crippen LogP contribution in [0.5, 0.6) is 0 Å². The fourth-order valence-electron chi connectivity index (χ4n) is 2.08. The van der Waals surface area contributed by atoms with Gasteiger partial charge in [0, 0.05) is 12.2 Å². The number of ether oxygens (including phenoxy) is 1. The van der Waals surface area contributed by atoms with Crippen molar-refractivity contribution < 1.29 is 14.6 Å². The monoisotopic (exact) mass is 217 g/mol. The SMILES string of the molecule is CC1(C)OCCC12N[C@@H](C(=O)O)CS2. The van der Waals surface area contributed by atoms with Gasteiger partial charge in [-0.1, -0.05) is 0 Å². The van der Waals surface area contributed by atoms with Gasteiger partial charge in [-0.25, -0.2) is 0 Å². The van der Waals surface area contributed by atoms with E-state index in [1.54, 1.807) is 11.8 Å². The summed E-state index contributed by atoms with van der Waals surface area (Å²) in [6, 6.07) is -0.430. The first-order chi connectivity index (χ1) is 6.47. The molecule has 2 heterocycles. The Morgan fingerprint density at radius 2 is 2.36 bits per heavy atom. The molecule has 5 heteroatoms. The van der Waals surface area contributed by atoms with Gasteiger partial charge >= 0.3 is 5.97 Å². The van der Waals surface area contributed by atoms with Crippen LogP contribution in [0.25, 0.3) is 0 Å². The molecule has 2 aliphatic heterocycles. The van der Waals surface area contributed by atoms with Crippen molar-refractivity contribution in [3.05, 3.63) is 0 Å². The Morgan fingerprint density at radius 1 is 1.64 bits per heavy atom. The molecule has 2 rings (SSSR count). The first-order valence-corrected chi connectivity index (χ1v) is 5.74. The van der Waals surface area contributed by atoms with Crippen LogP contribution in [0.4, 0.5) is 0 Å². The Kier molecular flexibility index (Phi) is 2.28. The molecule has 2 aliphatic rings. The fourth-order valence-corrected chi connectivity index (χ4v) is 3.62. The third kappa shape index (κ3) is 1.34. The molecule has 0 bridgehead atoms. The van der Waals surface area contributed by atoms with Crippen LogP contribution in [-0.4, -0.2) is 39.9 Å². The van der Waals surface area contributed by atoms with Gasteiger partial charge in [-0.15, -0.1) is 11.8 Å². The summed E-state index contributed by atoms with van der Waals surface area (Å²) in [5.41, 5.74) is -0.276. The Bertz CT molecular complexity index is 269. The molecule has 1 spiro atoms. The smallest absolute Gasteiger partial charge is 0.321 e. The average molecular weight is 217 g/mol. The molecular formula is C9H15NO3S. The van der Waals surface area contributed by atoms with E-state index < -0.39 is 12.0 Å². The number of carboxylic acids is 1. The van der Waals surface area contributed by atoms with E-state index in [0.29, 0.717) is 12.4 Å². The highest BCUT2D eigenvalue weighted by atomic mass is 32.2. The molecule has 2 fully saturated rings. The van der Waals surface area contributed by atoms with E-state index >= 15 is 0 Å². The van der Waals surface area contributed by atoms with Gasteiger partial charge < -0.3 is 9.84 Å². The minimum Gasteiger partial charge on any atom is -0.480 e. The van der Waals surface area contributed by atoms with Crippen molar-refractivity contribution >= 4 is 17.7 Å². The molecule has 0 radical (unpaired) electrons. The molecule has 14 heavy (non-hydrogen) atoms. The molecule has 1 unspecified atom stereocenters. The van der Waals surface area contributed by atoms with Crippen molar-refractivity contribution in [3.8, 4) is 0 Å². The average Bonchev–Trinajstić information content (AvgIpc) is 2.60. The number of thioether (sulfide) groups is 1. The van der Waals surface area contributed by atoms with E-state index in [1.165, 1.54) is 0 Å². The highest BCUT2D eigenvalue weighted by molar-refractivity contribution is 8.01. The Labute approximate surface area is 87.4 Å². The third-order valence-corrected chi connectivity index (χ3v) is 4.90. The minimum atomic E-state index is -0.767. The Balaban J connectivity index is 2.16. The molecule has 0 aromatic rings. The number of hydrogen-bond donors (Lipinski definition) is 2. The van der Waals surface area contributed by atoms with E-state index in [-0.39, 0.29) is 10.5 Å². The molecule has 2 atom stereocenters. The van der Waals surface area contributed by atoms with Gasteiger partial charge in [0.15, 0.2) is 0 Å². The number of carboxylic acid groups (broad SMARTS) is 1. The zero-order valence-corrected chi connectivity index (χ0v) is 9.19. The number of aliphatic carboxylic acids is 1. The van der Waals surface area contributed by atoms with Gasteiger partial charge in [0.05, 0.1) is 17.1 Å². The van der Waals surface area contributed by atoms with Crippen LogP contribution in [0, 0.1) is 0 Å². The molecule has 2 N–H and O–H groups in total. The highest BCUT2D eigenvalue weighted by Gasteiger charge is 2.55. The maximum absolute atomic E-state index is 10.8. The van der Waals surface area contributed by atoms with Crippen molar-refractivity contribution in [2.75, 3.05) is 12.4 Å². The van der Waals surface area contributed by atoms with Crippen LogP contribution < -0.4 is 5.32 Å². The van der Waals surface area contributed by atoms with E-state index in [0.717, 1.165) is 6.42 Å². The van der Waals surface area contributed by atoms with Crippen molar-refractivity contribution in [1.29, 1.82) is 0 Å². The van der Waals surface area contributed by atoms with Crippen LogP contribution in [0.1, 0.15) is 20.3 Å². The molecule has 0 amide bonds. The molecular weight excluding hydrogens is 202 g/mol. The first kappa shape index (κ1) is 10.3. The summed E-state index contributed by atoms with van der Waals surface area (Å²) < 4.78 is 5.63. The Morgan fingerprint density at radius 3 is 2.79 bits per heavy atom. The normalized spacial score (nSPS) is 40.6. The molecule has 4 nitrogen and oxygen atoms in total. The largest absolute Gasteiger partial charge is 0.480 e. The van der Waals surface area contributed by atoms with Gasteiger partial charge in [-0.2, -0.15) is 0 Å². The summed E-state index contributed by atoms with van der Waals surface area (Å²) in [6.07, 6.45) is 0.883. The van der Waals surface area contributed by atoms with Gasteiger partial charge in [0.2, 0.25) is 0 Å². The summed E-state index contributed by atoms with van der Waals surface area (Å²) in [7, 11) is 0. The van der Waals surface area contributed by atoms with Crippen molar-refractivity contribution in [2.45, 2.75) is 36.8 Å². The Hall–Kier alpha value is -0.260. The number of carbonyl (C=O) groups is 1. The van der Waals surface area contributed by atoms with Crippen molar-refractivity contribution in [1.82, 2.24) is 5.32 Å². The zero-order chi connectivity index (χ0) is 10.4. The number of nitrogens with one attached hydrogen (secondary N) is 1. The summed E-state index contributed by atoms with van der Waals surface area (Å²) in [6.45, 7) is 4.74. The van der Waals surface area contributed by atoms with Crippen LogP contribution in [0.2, 0.25) is 0 Å². The van der Waals surface area contributed by atoms with Crippen molar-refractivity contribution in [2.24, 2.45) is 0 Å². The standard InChI is InChI=1S/C9H15NO3S/c1-8(2)9(3-4-13-8)10-6(5-14-9)7(11)12/h6,10H,3-5H2,1-2H3,(H,11,12)/t6-,9?/m1/s1. The van der Waals surface area contributed by atoms with Gasteiger partial charge in [-0.3, -0.25) is 10.1 Å². The maximum Gasteiger partial charge on any atom is 0.321 e. The number of hydrogen-bond acceptors (Lipinski definition) is 4. The molecule has 0 aliphatic carbocycles. The van der Waals surface area contributed by atoms with Gasteiger partial charge in [-0.05, 0) is 13.8 Å². The highest BCUT2D eigenvalue weighted by Crippen LogP contribution is 2.47. The maximum atomic E-state index is 10.8. The second-order valence-electron chi connectivity index (χ2n) is 4.28. The van der Waals surface area contributed by atoms with Crippen LogP contribution >= 0.6 is 11.8 Å². The van der Waals surface area contributed by atoms with Gasteiger partial charge in [0.25, 0.3) is 0 Å². The zero-order valence-electron chi connectivity index (χ0n) is 8.37. The summed E-state index contributed by atoms with van der Waals surface area (Å²) in [4.78, 5) is 10.6. The lowest BCUT2D eigenvalue weighted by atomic mass is 9.97. The lowest BCUT2D eigenvalue weighted by Crippen LogP contribution is -2.54. The fraction of sp³-hybridized carbons (Fsp3) is 0.889. The molecule has 80 valence electrons. The van der Waals surface area contributed by atoms with Crippen molar-refractivity contribution in [3.63, 3.8) is 0 Å². The molecule has 2 saturated heterocycles. The van der Waals surface area contributed by atoms with Crippen LogP contribution in [0.15, 0.2) is 0 Å². The lowest BCUT2D eigenvalue weighted by Gasteiger charge is -2.36. The van der Waals surface area contributed by atoms with E-state index in [4.69, 9.17) is 9.84 Å². The van der Waals surface area contributed by atoms with E-state index in [2.05, 4.69) is 5.32 Å². The predicted octanol–water partition coefficient (Wildman–Crippen LogP) is 0.671. The summed E-state index contributed by atoms with van der Waals surface area (Å²) in [5.74, 6) is -0.139. The van der Waals surface area contributed by atoms with E-state index in [9.17, 15) is 4.79 Å². The first-order valence-electron chi connectivity index (χ1n) is 4.75. The van der Waals surface area contributed by atoms with Crippen LogP contribution in [-0.2, 0) is 9.53 Å². The second-order valence-corrected chi connectivity index (χ2v) is 5.60. The lowest BCUT2D eigenvalue weighted by molar-refractivity contribution is -0.139. The van der Waals surface area contributed by atoms with E-state index in [1.807, 2.05) is 13.8 Å². The minimum absolute atomic E-state index is 0.198. The molecule has 0 aromatic heterocycles.